The van der Waals surface area contributed by atoms with Gasteiger partial charge in [-0.05, 0) is 24.1 Å². The van der Waals surface area contributed by atoms with Crippen LogP contribution in [0.4, 0.5) is 0 Å². The number of fused-ring (bicyclic) bond motifs is 1. The van der Waals surface area contributed by atoms with Crippen LogP contribution in [0, 0.1) is 11.8 Å². The van der Waals surface area contributed by atoms with E-state index in [1.807, 2.05) is 6.20 Å². The molecule has 2 aliphatic heterocycles. The van der Waals surface area contributed by atoms with Gasteiger partial charge in [0.25, 0.3) is 0 Å². The Kier molecular flexibility index (Phi) is 3.53. The van der Waals surface area contributed by atoms with E-state index >= 15 is 0 Å². The molecule has 5 atom stereocenters. The zero-order chi connectivity index (χ0) is 18.8. The highest BCUT2D eigenvalue weighted by Crippen LogP contribution is 2.75. The molecule has 2 aromatic carbocycles. The number of hydrogen-bond donors (Lipinski definition) is 0. The van der Waals surface area contributed by atoms with Gasteiger partial charge in [0, 0.05) is 41.8 Å². The average Bonchev–Trinajstić information content (AvgIpc) is 3.33. The van der Waals surface area contributed by atoms with Crippen molar-refractivity contribution in [2.75, 3.05) is 6.54 Å². The molecular weight excluding hydrogens is 340 g/mol. The van der Waals surface area contributed by atoms with E-state index in [0.29, 0.717) is 5.54 Å². The van der Waals surface area contributed by atoms with Crippen LogP contribution in [0.25, 0.3) is 10.9 Å². The highest BCUT2D eigenvalue weighted by molar-refractivity contribution is 5.81. The van der Waals surface area contributed by atoms with Crippen LogP contribution in [0.2, 0.25) is 0 Å². The van der Waals surface area contributed by atoms with Gasteiger partial charge in [0.05, 0.1) is 24.5 Å². The van der Waals surface area contributed by atoms with Crippen LogP contribution in [0.1, 0.15) is 37.3 Å². The summed E-state index contributed by atoms with van der Waals surface area (Å²) in [6, 6.07) is 22.9. The Morgan fingerprint density at radius 2 is 1.86 bits per heavy atom. The Morgan fingerprint density at radius 3 is 2.68 bits per heavy atom. The Bertz CT molecular complexity index is 1020. The molecule has 3 heterocycles. The molecule has 0 amide bonds. The van der Waals surface area contributed by atoms with Crippen molar-refractivity contribution in [3.63, 3.8) is 0 Å². The van der Waals surface area contributed by atoms with Gasteiger partial charge in [-0.15, -0.1) is 0 Å². The monoisotopic (exact) mass is 369 g/mol. The summed E-state index contributed by atoms with van der Waals surface area (Å²) in [7, 11) is 0. The van der Waals surface area contributed by atoms with Crippen molar-refractivity contribution in [1.82, 2.24) is 4.98 Å². The molecule has 6 rings (SSSR count). The number of rotatable bonds is 5. The fourth-order valence-electron chi connectivity index (χ4n) is 7.46. The molecule has 0 radical (unpaired) electrons. The van der Waals surface area contributed by atoms with Gasteiger partial charge < -0.3 is 4.48 Å². The first-order valence-corrected chi connectivity index (χ1v) is 11.0. The van der Waals surface area contributed by atoms with Crippen molar-refractivity contribution in [1.29, 1.82) is 0 Å². The van der Waals surface area contributed by atoms with Gasteiger partial charge in [-0.3, -0.25) is 4.98 Å². The maximum absolute atomic E-state index is 4.59. The molecule has 1 aromatic heterocycles. The minimum Gasteiger partial charge on any atom is -0.311 e. The number of benzene rings is 2. The van der Waals surface area contributed by atoms with Gasteiger partial charge in [0.2, 0.25) is 0 Å². The number of nitrogens with zero attached hydrogens (tertiary/aromatic N) is 2. The van der Waals surface area contributed by atoms with Gasteiger partial charge >= 0.3 is 0 Å². The van der Waals surface area contributed by atoms with E-state index in [1.165, 1.54) is 59.8 Å². The third kappa shape index (κ3) is 2.05. The van der Waals surface area contributed by atoms with E-state index < -0.39 is 0 Å². The van der Waals surface area contributed by atoms with Crippen LogP contribution >= 0.6 is 0 Å². The van der Waals surface area contributed by atoms with Crippen molar-refractivity contribution in [3.8, 4) is 0 Å². The normalized spacial score (nSPS) is 35.2. The highest BCUT2D eigenvalue weighted by Gasteiger charge is 2.86. The lowest BCUT2D eigenvalue weighted by Gasteiger charge is -2.59. The van der Waals surface area contributed by atoms with E-state index in [9.17, 15) is 0 Å². The van der Waals surface area contributed by atoms with Crippen LogP contribution in [-0.4, -0.2) is 27.6 Å². The van der Waals surface area contributed by atoms with Crippen LogP contribution in [0.15, 0.2) is 66.9 Å². The number of hydrogen-bond acceptors (Lipinski definition) is 1. The summed E-state index contributed by atoms with van der Waals surface area (Å²) in [4.78, 5) is 4.59. The fraction of sp³-hybridized carbons (Fsp3) is 0.423. The van der Waals surface area contributed by atoms with E-state index in [4.69, 9.17) is 0 Å². The summed E-state index contributed by atoms with van der Waals surface area (Å²) in [5, 5.41) is 1.35. The van der Waals surface area contributed by atoms with Crippen molar-refractivity contribution in [3.05, 3.63) is 78.0 Å². The second kappa shape index (κ2) is 5.90. The van der Waals surface area contributed by atoms with Gasteiger partial charge in [0.15, 0.2) is 0 Å². The third-order valence-electron chi connectivity index (χ3n) is 8.53. The Hall–Kier alpha value is -2.19. The Morgan fingerprint density at radius 1 is 1.04 bits per heavy atom. The van der Waals surface area contributed by atoms with Crippen molar-refractivity contribution in [2.45, 2.75) is 50.7 Å². The molecule has 2 heteroatoms. The largest absolute Gasteiger partial charge is 0.311 e. The van der Waals surface area contributed by atoms with Gasteiger partial charge in [-0.2, -0.15) is 0 Å². The fourth-order valence-corrected chi connectivity index (χ4v) is 7.46. The quantitative estimate of drug-likeness (QED) is 0.551. The standard InChI is InChI=1S/C26H29N2/c1-2-23-24-13-15-28(18-19-8-4-3-5-9-19)21(17-26(23,24)28)16-20-12-14-27-25-11-7-6-10-22(20)25/h3-12,14,21,23-24H,2,13,15-18H2,1H3/q+1. The van der Waals surface area contributed by atoms with Gasteiger partial charge in [-0.1, -0.05) is 55.5 Å². The topological polar surface area (TPSA) is 12.9 Å². The second-order valence-corrected chi connectivity index (χ2v) is 9.35. The molecule has 5 unspecified atom stereocenters. The van der Waals surface area contributed by atoms with Crippen LogP contribution in [0.3, 0.4) is 0 Å². The molecular formula is C26H29N2+. The minimum atomic E-state index is 0.609. The summed E-state index contributed by atoms with van der Waals surface area (Å²) < 4.78 is 1.36. The number of piperidine rings is 1. The van der Waals surface area contributed by atoms with E-state index in [-0.39, 0.29) is 0 Å². The lowest BCUT2D eigenvalue weighted by atomic mass is 9.79. The van der Waals surface area contributed by atoms with Gasteiger partial charge in [0.1, 0.15) is 12.1 Å². The lowest BCUT2D eigenvalue weighted by molar-refractivity contribution is -1.03. The summed E-state index contributed by atoms with van der Waals surface area (Å²) in [6.45, 7) is 5.02. The number of para-hydroxylation sites is 1. The molecule has 28 heavy (non-hydrogen) atoms. The van der Waals surface area contributed by atoms with Gasteiger partial charge in [-0.25, -0.2) is 0 Å². The number of pyridine rings is 1. The van der Waals surface area contributed by atoms with Crippen LogP contribution < -0.4 is 0 Å². The molecule has 3 aromatic rings. The highest BCUT2D eigenvalue weighted by atomic mass is 15.5. The molecule has 1 spiro atoms. The van der Waals surface area contributed by atoms with E-state index in [2.05, 4.69) is 72.6 Å². The molecule has 1 saturated carbocycles. The molecule has 2 nitrogen and oxygen atoms in total. The second-order valence-electron chi connectivity index (χ2n) is 9.35. The third-order valence-corrected chi connectivity index (χ3v) is 8.53. The minimum absolute atomic E-state index is 0.609. The Balaban J connectivity index is 1.37. The first kappa shape index (κ1) is 16.7. The molecule has 1 aliphatic carbocycles. The van der Waals surface area contributed by atoms with Crippen LogP contribution in [-0.2, 0) is 13.0 Å². The summed E-state index contributed by atoms with van der Waals surface area (Å²) in [6.07, 6.45) is 7.44. The average molecular weight is 370 g/mol. The number of quaternary nitrogens is 1. The Labute approximate surface area is 167 Å². The molecule has 2 saturated heterocycles. The summed E-state index contributed by atoms with van der Waals surface area (Å²) >= 11 is 0. The van der Waals surface area contributed by atoms with Crippen molar-refractivity contribution in [2.24, 2.45) is 11.8 Å². The van der Waals surface area contributed by atoms with E-state index in [0.717, 1.165) is 23.4 Å². The smallest absolute Gasteiger partial charge is 0.112 e. The summed E-state index contributed by atoms with van der Waals surface area (Å²) in [5.41, 5.74) is 4.76. The van der Waals surface area contributed by atoms with Crippen LogP contribution in [0.5, 0.6) is 0 Å². The number of aromatic nitrogens is 1. The SMILES string of the molecule is CCC1C2CC[N+]3(Cc4ccccc4)C(Cc4ccnc5ccccc45)CC123. The zero-order valence-corrected chi connectivity index (χ0v) is 16.7. The molecule has 0 N–H and O–H groups in total. The first-order valence-electron chi connectivity index (χ1n) is 11.0. The van der Waals surface area contributed by atoms with Crippen molar-refractivity contribution >= 4 is 10.9 Å². The molecule has 3 fully saturated rings. The predicted molar refractivity (Wildman–Crippen MR) is 114 cm³/mol. The zero-order valence-electron chi connectivity index (χ0n) is 16.7. The summed E-state index contributed by atoms with van der Waals surface area (Å²) in [5.74, 6) is 1.96. The van der Waals surface area contributed by atoms with Crippen molar-refractivity contribution < 1.29 is 4.48 Å². The lowest BCUT2D eigenvalue weighted by Crippen LogP contribution is -2.72. The first-order chi connectivity index (χ1) is 13.8. The van der Waals surface area contributed by atoms with E-state index in [1.54, 1.807) is 0 Å². The maximum Gasteiger partial charge on any atom is 0.112 e. The predicted octanol–water partition coefficient (Wildman–Crippen LogP) is 5.37. The molecule has 142 valence electrons. The molecule has 0 bridgehead atoms. The molecule has 3 aliphatic rings. The maximum atomic E-state index is 4.59.